The summed E-state index contributed by atoms with van der Waals surface area (Å²) in [6, 6.07) is 8.34. The monoisotopic (exact) mass is 291 g/mol. The molecule has 2 rings (SSSR count). The van der Waals surface area contributed by atoms with Crippen LogP contribution in [0.25, 0.3) is 0 Å². The van der Waals surface area contributed by atoms with Gasteiger partial charge in [-0.1, -0.05) is 24.9 Å². The minimum Gasteiger partial charge on any atom is -0.369 e. The van der Waals surface area contributed by atoms with Gasteiger partial charge in [0.1, 0.15) is 6.07 Å². The van der Waals surface area contributed by atoms with Crippen molar-refractivity contribution in [2.75, 3.05) is 24.5 Å². The van der Waals surface area contributed by atoms with Crippen molar-refractivity contribution in [3.63, 3.8) is 0 Å². The van der Waals surface area contributed by atoms with E-state index in [0.29, 0.717) is 16.6 Å². The maximum Gasteiger partial charge on any atom is 0.101 e. The lowest BCUT2D eigenvalue weighted by atomic mass is 10.1. The average molecular weight is 292 g/mol. The Morgan fingerprint density at radius 2 is 2.35 bits per heavy atom. The summed E-state index contributed by atoms with van der Waals surface area (Å²) < 4.78 is 0. The van der Waals surface area contributed by atoms with E-state index >= 15 is 0 Å². The van der Waals surface area contributed by atoms with E-state index in [2.05, 4.69) is 23.2 Å². The predicted octanol–water partition coefficient (Wildman–Crippen LogP) is 3.57. The van der Waals surface area contributed by atoms with E-state index in [1.807, 2.05) is 12.1 Å². The van der Waals surface area contributed by atoms with Crippen LogP contribution in [0.15, 0.2) is 18.2 Å². The molecule has 0 saturated carbocycles. The largest absolute Gasteiger partial charge is 0.369 e. The highest BCUT2D eigenvalue weighted by molar-refractivity contribution is 6.30. The van der Waals surface area contributed by atoms with E-state index < -0.39 is 0 Å². The summed E-state index contributed by atoms with van der Waals surface area (Å²) in [4.78, 5) is 2.32. The van der Waals surface area contributed by atoms with Gasteiger partial charge in [0.05, 0.1) is 11.3 Å². The number of nitriles is 1. The smallest absolute Gasteiger partial charge is 0.101 e. The van der Waals surface area contributed by atoms with Crippen LogP contribution < -0.4 is 10.2 Å². The number of nitrogens with one attached hydrogen (secondary N) is 1. The second-order valence-electron chi connectivity index (χ2n) is 5.37. The predicted molar refractivity (Wildman–Crippen MR) is 84.3 cm³/mol. The normalized spacial score (nSPS) is 17.9. The molecule has 3 nitrogen and oxygen atoms in total. The molecule has 0 spiro atoms. The van der Waals surface area contributed by atoms with E-state index in [1.54, 1.807) is 6.07 Å². The fraction of sp³-hybridized carbons (Fsp3) is 0.562. The second-order valence-corrected chi connectivity index (χ2v) is 5.80. The Kier molecular flexibility index (Phi) is 5.70. The van der Waals surface area contributed by atoms with Crippen molar-refractivity contribution in [1.29, 1.82) is 5.26 Å². The Morgan fingerprint density at radius 1 is 1.50 bits per heavy atom. The minimum atomic E-state index is 0.525. The van der Waals surface area contributed by atoms with Gasteiger partial charge in [0, 0.05) is 24.2 Å². The summed E-state index contributed by atoms with van der Waals surface area (Å²) in [6.45, 7) is 5.22. The van der Waals surface area contributed by atoms with Crippen molar-refractivity contribution in [3.05, 3.63) is 28.8 Å². The standard InChI is InChI=1S/C16H22ClN3/c1-2-3-9-20(12-15-5-4-8-19-15)16-10-14(17)7-6-13(16)11-18/h6-7,10,15,19H,2-5,8-9,12H2,1H3. The van der Waals surface area contributed by atoms with Gasteiger partial charge in [0.15, 0.2) is 0 Å². The van der Waals surface area contributed by atoms with Crippen LogP contribution in [0.1, 0.15) is 38.2 Å². The molecule has 0 aromatic heterocycles. The molecule has 0 radical (unpaired) electrons. The van der Waals surface area contributed by atoms with E-state index in [9.17, 15) is 5.26 Å². The van der Waals surface area contributed by atoms with Crippen LogP contribution in [0.2, 0.25) is 5.02 Å². The van der Waals surface area contributed by atoms with Crippen LogP contribution >= 0.6 is 11.6 Å². The Hall–Kier alpha value is -1.24. The number of unbranched alkanes of at least 4 members (excludes halogenated alkanes) is 1. The summed E-state index contributed by atoms with van der Waals surface area (Å²) in [6.07, 6.45) is 4.74. The molecule has 20 heavy (non-hydrogen) atoms. The number of hydrogen-bond acceptors (Lipinski definition) is 3. The van der Waals surface area contributed by atoms with Gasteiger partial charge in [-0.05, 0) is 44.0 Å². The average Bonchev–Trinajstić information content (AvgIpc) is 2.96. The summed E-state index contributed by atoms with van der Waals surface area (Å²) in [7, 11) is 0. The van der Waals surface area contributed by atoms with Crippen molar-refractivity contribution >= 4 is 17.3 Å². The summed E-state index contributed by atoms with van der Waals surface area (Å²) in [5.74, 6) is 0. The molecule has 1 N–H and O–H groups in total. The topological polar surface area (TPSA) is 39.1 Å². The number of hydrogen-bond donors (Lipinski definition) is 1. The minimum absolute atomic E-state index is 0.525. The number of rotatable bonds is 6. The molecule has 1 fully saturated rings. The van der Waals surface area contributed by atoms with E-state index in [0.717, 1.165) is 38.2 Å². The van der Waals surface area contributed by atoms with Crippen molar-refractivity contribution in [3.8, 4) is 6.07 Å². The van der Waals surface area contributed by atoms with Crippen LogP contribution in [0.3, 0.4) is 0 Å². The zero-order chi connectivity index (χ0) is 14.4. The van der Waals surface area contributed by atoms with Gasteiger partial charge in [0.2, 0.25) is 0 Å². The maximum atomic E-state index is 9.31. The number of anilines is 1. The van der Waals surface area contributed by atoms with Crippen LogP contribution in [0.4, 0.5) is 5.69 Å². The van der Waals surface area contributed by atoms with Crippen LogP contribution in [-0.2, 0) is 0 Å². The van der Waals surface area contributed by atoms with Crippen LogP contribution in [-0.4, -0.2) is 25.7 Å². The van der Waals surface area contributed by atoms with E-state index in [4.69, 9.17) is 11.6 Å². The third kappa shape index (κ3) is 3.88. The molecule has 108 valence electrons. The molecule has 1 heterocycles. The first kappa shape index (κ1) is 15.2. The molecule has 1 aromatic rings. The van der Waals surface area contributed by atoms with E-state index in [1.165, 1.54) is 12.8 Å². The van der Waals surface area contributed by atoms with Crippen LogP contribution in [0.5, 0.6) is 0 Å². The summed E-state index contributed by atoms with van der Waals surface area (Å²) >= 11 is 6.12. The molecule has 1 aliphatic heterocycles. The fourth-order valence-electron chi connectivity index (χ4n) is 2.70. The van der Waals surface area contributed by atoms with E-state index in [-0.39, 0.29) is 0 Å². The molecular formula is C16H22ClN3. The molecule has 1 unspecified atom stereocenters. The lowest BCUT2D eigenvalue weighted by Gasteiger charge is -2.28. The lowest BCUT2D eigenvalue weighted by Crippen LogP contribution is -2.38. The third-order valence-electron chi connectivity index (χ3n) is 3.81. The molecule has 1 atom stereocenters. The molecule has 0 amide bonds. The summed E-state index contributed by atoms with van der Waals surface area (Å²) in [5.41, 5.74) is 1.69. The molecule has 1 aliphatic rings. The van der Waals surface area contributed by atoms with Gasteiger partial charge in [-0.15, -0.1) is 0 Å². The first-order valence-electron chi connectivity index (χ1n) is 7.42. The molecular weight excluding hydrogens is 270 g/mol. The van der Waals surface area contributed by atoms with Gasteiger partial charge in [-0.3, -0.25) is 0 Å². The van der Waals surface area contributed by atoms with Crippen molar-refractivity contribution < 1.29 is 0 Å². The fourth-order valence-corrected chi connectivity index (χ4v) is 2.86. The van der Waals surface area contributed by atoms with Gasteiger partial charge in [0.25, 0.3) is 0 Å². The van der Waals surface area contributed by atoms with Gasteiger partial charge >= 0.3 is 0 Å². The lowest BCUT2D eigenvalue weighted by molar-refractivity contribution is 0.572. The number of benzene rings is 1. The Labute approximate surface area is 126 Å². The summed E-state index contributed by atoms with van der Waals surface area (Å²) in [5, 5.41) is 13.5. The van der Waals surface area contributed by atoms with Crippen LogP contribution in [0, 0.1) is 11.3 Å². The van der Waals surface area contributed by atoms with Gasteiger partial charge in [-0.25, -0.2) is 0 Å². The Bertz CT molecular complexity index is 475. The Morgan fingerprint density at radius 3 is 3.00 bits per heavy atom. The number of nitrogens with zero attached hydrogens (tertiary/aromatic N) is 2. The third-order valence-corrected chi connectivity index (χ3v) is 4.04. The van der Waals surface area contributed by atoms with Gasteiger partial charge in [-0.2, -0.15) is 5.26 Å². The first-order valence-corrected chi connectivity index (χ1v) is 7.80. The second kappa shape index (κ2) is 7.52. The maximum absolute atomic E-state index is 9.31. The molecule has 0 aliphatic carbocycles. The van der Waals surface area contributed by atoms with Crippen molar-refractivity contribution in [2.24, 2.45) is 0 Å². The highest BCUT2D eigenvalue weighted by Crippen LogP contribution is 2.26. The quantitative estimate of drug-likeness (QED) is 0.871. The zero-order valence-corrected chi connectivity index (χ0v) is 12.8. The number of halogens is 1. The van der Waals surface area contributed by atoms with Crippen molar-refractivity contribution in [2.45, 2.75) is 38.6 Å². The first-order chi connectivity index (χ1) is 9.74. The van der Waals surface area contributed by atoms with Crippen molar-refractivity contribution in [1.82, 2.24) is 5.32 Å². The van der Waals surface area contributed by atoms with Gasteiger partial charge < -0.3 is 10.2 Å². The highest BCUT2D eigenvalue weighted by atomic mass is 35.5. The molecule has 0 bridgehead atoms. The molecule has 4 heteroatoms. The molecule has 1 aromatic carbocycles. The highest BCUT2D eigenvalue weighted by Gasteiger charge is 2.19. The molecule has 1 saturated heterocycles. The zero-order valence-electron chi connectivity index (χ0n) is 12.0. The SMILES string of the molecule is CCCCN(CC1CCCN1)c1cc(Cl)ccc1C#N. The Balaban J connectivity index is 2.20.